The van der Waals surface area contributed by atoms with Crippen LogP contribution in [0.5, 0.6) is 0 Å². The lowest BCUT2D eigenvalue weighted by atomic mass is 9.92. The lowest BCUT2D eigenvalue weighted by molar-refractivity contribution is -0.0360. The number of benzene rings is 1. The van der Waals surface area contributed by atoms with E-state index in [0.717, 1.165) is 41.2 Å². The minimum absolute atomic E-state index is 0.00256. The van der Waals surface area contributed by atoms with Crippen LogP contribution in [0.2, 0.25) is 0 Å². The molecular weight excluding hydrogens is 488 g/mol. The molecule has 0 unspecified atom stereocenters. The smallest absolute Gasteiger partial charge is 0.276 e. The number of carbonyl (C=O) groups is 1. The fourth-order valence-corrected chi connectivity index (χ4v) is 5.25. The molecule has 1 aromatic carbocycles. The van der Waals surface area contributed by atoms with Gasteiger partial charge in [-0.1, -0.05) is 6.07 Å². The molecule has 0 atom stereocenters. The lowest BCUT2D eigenvalue weighted by Gasteiger charge is -2.29. The Morgan fingerprint density at radius 3 is 2.55 bits per heavy atom. The summed E-state index contributed by atoms with van der Waals surface area (Å²) in [4.78, 5) is 24.2. The Balaban J connectivity index is 1.18. The van der Waals surface area contributed by atoms with Crippen molar-refractivity contribution in [2.45, 2.75) is 50.5 Å². The van der Waals surface area contributed by atoms with E-state index < -0.39 is 5.92 Å². The largest absolute Gasteiger partial charge is 0.381 e. The van der Waals surface area contributed by atoms with Crippen molar-refractivity contribution in [3.05, 3.63) is 60.7 Å². The fraction of sp³-hybridized carbons (Fsp3) is 0.357. The molecule has 2 aliphatic rings. The first-order valence-corrected chi connectivity index (χ1v) is 13.0. The van der Waals surface area contributed by atoms with Crippen LogP contribution in [-0.4, -0.2) is 51.1 Å². The molecule has 1 saturated heterocycles. The summed E-state index contributed by atoms with van der Waals surface area (Å²) in [5.41, 5.74) is 4.15. The zero-order valence-corrected chi connectivity index (χ0v) is 20.9. The maximum atomic E-state index is 13.5. The zero-order chi connectivity index (χ0) is 26.1. The minimum atomic E-state index is -2.56. The minimum Gasteiger partial charge on any atom is -0.381 e. The molecule has 0 bridgehead atoms. The predicted molar refractivity (Wildman–Crippen MR) is 144 cm³/mol. The quantitative estimate of drug-likeness (QED) is 0.296. The highest BCUT2D eigenvalue weighted by molar-refractivity contribution is 6.11. The molecule has 38 heavy (non-hydrogen) atoms. The molecule has 0 radical (unpaired) electrons. The van der Waals surface area contributed by atoms with Crippen molar-refractivity contribution >= 4 is 34.0 Å². The number of amides is 1. The predicted octanol–water partition coefficient (Wildman–Crippen LogP) is 5.86. The van der Waals surface area contributed by atoms with E-state index in [9.17, 15) is 13.6 Å². The SMILES string of the molecule is O=C(Nc1ccc(N2CCCC2)nc1)c1n[nH]c2ccc(-c3cncc(NC4CCC(F)(F)CC4)c3)cc12. The van der Waals surface area contributed by atoms with E-state index >= 15 is 0 Å². The Morgan fingerprint density at radius 1 is 0.974 bits per heavy atom. The number of hydrogen-bond acceptors (Lipinski definition) is 6. The number of carbonyl (C=O) groups excluding carboxylic acids is 1. The first kappa shape index (κ1) is 24.3. The molecule has 1 amide bonds. The van der Waals surface area contributed by atoms with Gasteiger partial charge in [0, 0.05) is 55.3 Å². The van der Waals surface area contributed by atoms with E-state index in [1.165, 1.54) is 12.8 Å². The van der Waals surface area contributed by atoms with E-state index in [1.807, 2.05) is 36.4 Å². The summed E-state index contributed by atoms with van der Waals surface area (Å²) in [5, 5.41) is 14.1. The lowest BCUT2D eigenvalue weighted by Crippen LogP contribution is -2.32. The number of pyridine rings is 2. The first-order chi connectivity index (χ1) is 18.4. The molecular formula is C28H29F2N7O. The molecule has 6 rings (SSSR count). The van der Waals surface area contributed by atoms with Gasteiger partial charge in [0.05, 0.1) is 23.1 Å². The molecule has 0 spiro atoms. The average molecular weight is 518 g/mol. The number of rotatable bonds is 6. The van der Waals surface area contributed by atoms with Crippen molar-refractivity contribution < 1.29 is 13.6 Å². The van der Waals surface area contributed by atoms with E-state index in [0.29, 0.717) is 23.9 Å². The highest BCUT2D eigenvalue weighted by Gasteiger charge is 2.34. The summed E-state index contributed by atoms with van der Waals surface area (Å²) < 4.78 is 27.0. The monoisotopic (exact) mass is 517 g/mol. The van der Waals surface area contributed by atoms with Gasteiger partial charge >= 0.3 is 0 Å². The van der Waals surface area contributed by atoms with Gasteiger partial charge < -0.3 is 15.5 Å². The number of hydrogen-bond donors (Lipinski definition) is 3. The summed E-state index contributed by atoms with van der Waals surface area (Å²) in [6.45, 7) is 2.02. The van der Waals surface area contributed by atoms with E-state index in [4.69, 9.17) is 0 Å². The molecule has 2 fully saturated rings. The molecule has 4 aromatic rings. The third-order valence-corrected chi connectivity index (χ3v) is 7.37. The maximum absolute atomic E-state index is 13.5. The summed E-state index contributed by atoms with van der Waals surface area (Å²) in [6.07, 6.45) is 8.12. The molecule has 3 N–H and O–H groups in total. The van der Waals surface area contributed by atoms with Crippen molar-refractivity contribution in [3.8, 4) is 11.1 Å². The third kappa shape index (κ3) is 5.16. The third-order valence-electron chi connectivity index (χ3n) is 7.37. The van der Waals surface area contributed by atoms with Gasteiger partial charge in [-0.15, -0.1) is 0 Å². The van der Waals surface area contributed by atoms with Crippen molar-refractivity contribution in [1.29, 1.82) is 0 Å². The van der Waals surface area contributed by atoms with Crippen molar-refractivity contribution in [2.24, 2.45) is 0 Å². The van der Waals surface area contributed by atoms with Crippen molar-refractivity contribution in [1.82, 2.24) is 20.2 Å². The summed E-state index contributed by atoms with van der Waals surface area (Å²) in [6, 6.07) is 11.5. The Bertz CT molecular complexity index is 1440. The van der Waals surface area contributed by atoms with E-state index in [-0.39, 0.29) is 30.5 Å². The second-order valence-electron chi connectivity index (χ2n) is 10.1. The van der Waals surface area contributed by atoms with E-state index in [1.54, 1.807) is 18.6 Å². The molecule has 3 aromatic heterocycles. The standard InChI is InChI=1S/C28H29F2N7O/c29-28(30)9-7-20(8-10-28)33-22-13-19(15-31-16-22)18-3-5-24-23(14-18)26(36-35-24)27(38)34-21-4-6-25(32-17-21)37-11-1-2-12-37/h3-6,13-17,20,33H,1-2,7-12H2,(H,34,38)(H,35,36). The molecule has 1 aliphatic heterocycles. The summed E-state index contributed by atoms with van der Waals surface area (Å²) in [7, 11) is 0. The van der Waals surface area contributed by atoms with Gasteiger partial charge in [0.2, 0.25) is 5.92 Å². The number of anilines is 3. The molecule has 8 nitrogen and oxygen atoms in total. The fourth-order valence-electron chi connectivity index (χ4n) is 5.25. The zero-order valence-electron chi connectivity index (χ0n) is 20.9. The molecule has 196 valence electrons. The van der Waals surface area contributed by atoms with E-state index in [2.05, 4.69) is 35.7 Å². The normalized spacial score (nSPS) is 17.6. The molecule has 1 aliphatic carbocycles. The topological polar surface area (TPSA) is 98.8 Å². The highest BCUT2D eigenvalue weighted by atomic mass is 19.3. The number of aromatic amines is 1. The van der Waals surface area contributed by atoms with Crippen LogP contribution >= 0.6 is 0 Å². The molecule has 4 heterocycles. The Kier molecular flexibility index (Phi) is 6.39. The van der Waals surface area contributed by atoms with Crippen molar-refractivity contribution in [3.63, 3.8) is 0 Å². The number of nitrogens with one attached hydrogen (secondary N) is 3. The van der Waals surface area contributed by atoms with Crippen LogP contribution in [0.1, 0.15) is 49.0 Å². The first-order valence-electron chi connectivity index (χ1n) is 13.0. The van der Waals surface area contributed by atoms with Gasteiger partial charge in [-0.25, -0.2) is 13.8 Å². The molecule has 10 heteroatoms. The number of H-pyrrole nitrogens is 1. The summed E-state index contributed by atoms with van der Waals surface area (Å²) >= 11 is 0. The number of alkyl halides is 2. The van der Waals surface area contributed by atoms with Crippen LogP contribution < -0.4 is 15.5 Å². The number of aromatic nitrogens is 4. The number of nitrogens with zero attached hydrogens (tertiary/aromatic N) is 4. The van der Waals surface area contributed by atoms with Crippen LogP contribution in [0.3, 0.4) is 0 Å². The van der Waals surface area contributed by atoms with Crippen molar-refractivity contribution in [2.75, 3.05) is 28.6 Å². The van der Waals surface area contributed by atoms with Gasteiger partial charge in [0.1, 0.15) is 5.82 Å². The van der Waals surface area contributed by atoms with Gasteiger partial charge in [-0.3, -0.25) is 14.9 Å². The van der Waals surface area contributed by atoms with Crippen LogP contribution in [0.4, 0.5) is 26.0 Å². The van der Waals surface area contributed by atoms with Crippen LogP contribution in [0.25, 0.3) is 22.0 Å². The van der Waals surface area contributed by atoms with Gasteiger partial charge in [0.15, 0.2) is 5.69 Å². The Hall–Kier alpha value is -4.08. The maximum Gasteiger partial charge on any atom is 0.276 e. The van der Waals surface area contributed by atoms with Crippen LogP contribution in [0, 0.1) is 0 Å². The van der Waals surface area contributed by atoms with Crippen LogP contribution in [0.15, 0.2) is 55.0 Å². The second-order valence-corrected chi connectivity index (χ2v) is 10.1. The Morgan fingerprint density at radius 2 is 1.79 bits per heavy atom. The van der Waals surface area contributed by atoms with Gasteiger partial charge in [-0.2, -0.15) is 5.10 Å². The summed E-state index contributed by atoms with van der Waals surface area (Å²) in [5.74, 6) is -1.97. The average Bonchev–Trinajstić information content (AvgIpc) is 3.61. The van der Waals surface area contributed by atoms with Crippen LogP contribution in [-0.2, 0) is 0 Å². The van der Waals surface area contributed by atoms with Gasteiger partial charge in [0.25, 0.3) is 5.91 Å². The Labute approximate surface area is 218 Å². The van der Waals surface area contributed by atoms with Gasteiger partial charge in [-0.05, 0) is 61.6 Å². The number of halogens is 2. The molecule has 1 saturated carbocycles. The number of fused-ring (bicyclic) bond motifs is 1. The second kappa shape index (κ2) is 10.00. The highest BCUT2D eigenvalue weighted by Crippen LogP contribution is 2.35.